The largest absolute Gasteiger partial charge is 0.497 e. The molecule has 2 aliphatic heterocycles. The zero-order chi connectivity index (χ0) is 26.2. The highest BCUT2D eigenvalue weighted by molar-refractivity contribution is 6.03. The number of methoxy groups -OCH3 is 1. The SMILES string of the molecule is CCNC(=O)N(CCN1CCOCC1)CC(=O)N1N=C(c2cccc(OC)c2)CC1c1ccc(C)cc1. The molecule has 0 bridgehead atoms. The van der Waals surface area contributed by atoms with E-state index < -0.39 is 0 Å². The van der Waals surface area contributed by atoms with Crippen molar-refractivity contribution >= 4 is 17.6 Å². The van der Waals surface area contributed by atoms with Gasteiger partial charge in [0, 0.05) is 44.7 Å². The van der Waals surface area contributed by atoms with Crippen molar-refractivity contribution in [2.45, 2.75) is 26.3 Å². The maximum atomic E-state index is 13.7. The molecule has 9 heteroatoms. The Balaban J connectivity index is 1.56. The van der Waals surface area contributed by atoms with Gasteiger partial charge in [-0.3, -0.25) is 9.69 Å². The van der Waals surface area contributed by atoms with Crippen LogP contribution in [0.5, 0.6) is 5.75 Å². The van der Waals surface area contributed by atoms with Gasteiger partial charge in [-0.25, -0.2) is 9.80 Å². The number of rotatable bonds is 9. The summed E-state index contributed by atoms with van der Waals surface area (Å²) < 4.78 is 10.8. The monoisotopic (exact) mass is 507 g/mol. The van der Waals surface area contributed by atoms with Gasteiger partial charge < -0.3 is 19.7 Å². The summed E-state index contributed by atoms with van der Waals surface area (Å²) >= 11 is 0. The lowest BCUT2D eigenvalue weighted by molar-refractivity contribution is -0.133. The number of hydrazone groups is 1. The number of carbonyl (C=O) groups is 2. The molecule has 2 heterocycles. The van der Waals surface area contributed by atoms with Gasteiger partial charge in [-0.05, 0) is 31.5 Å². The topological polar surface area (TPSA) is 86.7 Å². The van der Waals surface area contributed by atoms with Crippen molar-refractivity contribution < 1.29 is 19.1 Å². The van der Waals surface area contributed by atoms with Gasteiger partial charge in [0.25, 0.3) is 5.91 Å². The molecule has 0 radical (unpaired) electrons. The van der Waals surface area contributed by atoms with Crippen LogP contribution in [0.15, 0.2) is 53.6 Å². The summed E-state index contributed by atoms with van der Waals surface area (Å²) in [6.45, 7) is 8.53. The van der Waals surface area contributed by atoms with Gasteiger partial charge in [-0.15, -0.1) is 0 Å². The summed E-state index contributed by atoms with van der Waals surface area (Å²) in [7, 11) is 1.63. The van der Waals surface area contributed by atoms with E-state index in [-0.39, 0.29) is 24.5 Å². The lowest BCUT2D eigenvalue weighted by Crippen LogP contribution is -2.49. The van der Waals surface area contributed by atoms with E-state index in [4.69, 9.17) is 14.6 Å². The van der Waals surface area contributed by atoms with Gasteiger partial charge in [0.15, 0.2) is 0 Å². The van der Waals surface area contributed by atoms with Crippen molar-refractivity contribution in [1.82, 2.24) is 20.1 Å². The summed E-state index contributed by atoms with van der Waals surface area (Å²) in [5.74, 6) is 0.527. The fraction of sp³-hybridized carbons (Fsp3) is 0.464. The molecule has 0 saturated carbocycles. The Kier molecular flexibility index (Phi) is 9.14. The molecule has 0 aliphatic carbocycles. The minimum Gasteiger partial charge on any atom is -0.497 e. The first kappa shape index (κ1) is 26.6. The van der Waals surface area contributed by atoms with Crippen LogP contribution in [0, 0.1) is 6.92 Å². The normalized spacial score (nSPS) is 17.9. The van der Waals surface area contributed by atoms with E-state index in [2.05, 4.69) is 10.2 Å². The summed E-state index contributed by atoms with van der Waals surface area (Å²) in [5.41, 5.74) is 3.90. The molecule has 1 fully saturated rings. The van der Waals surface area contributed by atoms with Gasteiger partial charge in [0.1, 0.15) is 12.3 Å². The van der Waals surface area contributed by atoms with Crippen LogP contribution < -0.4 is 10.1 Å². The quantitative estimate of drug-likeness (QED) is 0.564. The average molecular weight is 508 g/mol. The molecule has 1 saturated heterocycles. The number of aryl methyl sites for hydroxylation is 1. The second-order valence-electron chi connectivity index (χ2n) is 9.36. The number of nitrogens with one attached hydrogen (secondary N) is 1. The van der Waals surface area contributed by atoms with E-state index in [0.29, 0.717) is 39.3 Å². The Bertz CT molecular complexity index is 1100. The van der Waals surface area contributed by atoms with E-state index in [9.17, 15) is 9.59 Å². The van der Waals surface area contributed by atoms with E-state index in [1.165, 1.54) is 0 Å². The van der Waals surface area contributed by atoms with Crippen LogP contribution in [-0.2, 0) is 9.53 Å². The summed E-state index contributed by atoms with van der Waals surface area (Å²) in [5, 5.41) is 9.19. The Hall–Kier alpha value is -3.43. The molecule has 2 aliphatic rings. The van der Waals surface area contributed by atoms with Crippen molar-refractivity contribution in [3.05, 3.63) is 65.2 Å². The van der Waals surface area contributed by atoms with E-state index >= 15 is 0 Å². The third-order valence-electron chi connectivity index (χ3n) is 6.76. The van der Waals surface area contributed by atoms with Crippen molar-refractivity contribution in [1.29, 1.82) is 0 Å². The number of morpholine rings is 1. The van der Waals surface area contributed by atoms with E-state index in [1.54, 1.807) is 17.0 Å². The van der Waals surface area contributed by atoms with Gasteiger partial charge in [0.05, 0.1) is 32.1 Å². The Morgan fingerprint density at radius 2 is 1.92 bits per heavy atom. The molecule has 0 aromatic heterocycles. The van der Waals surface area contributed by atoms with Crippen molar-refractivity contribution in [3.8, 4) is 5.75 Å². The van der Waals surface area contributed by atoms with Crippen LogP contribution in [0.1, 0.15) is 36.1 Å². The van der Waals surface area contributed by atoms with Crippen LogP contribution in [0.25, 0.3) is 0 Å². The first-order valence-electron chi connectivity index (χ1n) is 12.9. The molecule has 9 nitrogen and oxygen atoms in total. The second kappa shape index (κ2) is 12.7. The maximum Gasteiger partial charge on any atom is 0.317 e. The molecule has 2 aromatic rings. The van der Waals surface area contributed by atoms with Crippen LogP contribution in [0.3, 0.4) is 0 Å². The molecule has 4 rings (SSSR count). The highest BCUT2D eigenvalue weighted by Gasteiger charge is 2.34. The van der Waals surface area contributed by atoms with E-state index in [1.807, 2.05) is 62.4 Å². The van der Waals surface area contributed by atoms with Gasteiger partial charge in [-0.1, -0.05) is 42.0 Å². The predicted octanol–water partition coefficient (Wildman–Crippen LogP) is 3.05. The lowest BCUT2D eigenvalue weighted by Gasteiger charge is -2.31. The van der Waals surface area contributed by atoms with Crippen LogP contribution in [0.4, 0.5) is 4.79 Å². The van der Waals surface area contributed by atoms with Gasteiger partial charge in [-0.2, -0.15) is 5.10 Å². The van der Waals surface area contributed by atoms with E-state index in [0.717, 1.165) is 41.2 Å². The van der Waals surface area contributed by atoms with Gasteiger partial charge >= 0.3 is 6.03 Å². The third-order valence-corrected chi connectivity index (χ3v) is 6.76. The highest BCUT2D eigenvalue weighted by atomic mass is 16.5. The molecule has 37 heavy (non-hydrogen) atoms. The number of ether oxygens (including phenoxy) is 2. The molecular formula is C28H37N5O4. The van der Waals surface area contributed by atoms with Crippen molar-refractivity contribution in [3.63, 3.8) is 0 Å². The molecule has 1 unspecified atom stereocenters. The number of hydrogen-bond donors (Lipinski definition) is 1. The minimum atomic E-state index is -0.246. The van der Waals surface area contributed by atoms with Gasteiger partial charge in [0.2, 0.25) is 0 Å². The average Bonchev–Trinajstić information content (AvgIpc) is 3.38. The Labute approximate surface area is 219 Å². The molecular weight excluding hydrogens is 470 g/mol. The highest BCUT2D eigenvalue weighted by Crippen LogP contribution is 2.33. The predicted molar refractivity (Wildman–Crippen MR) is 143 cm³/mol. The summed E-state index contributed by atoms with van der Waals surface area (Å²) in [4.78, 5) is 30.4. The fourth-order valence-corrected chi connectivity index (χ4v) is 4.60. The number of amides is 3. The summed E-state index contributed by atoms with van der Waals surface area (Å²) in [6, 6.07) is 15.4. The second-order valence-corrected chi connectivity index (χ2v) is 9.36. The Morgan fingerprint density at radius 1 is 1.16 bits per heavy atom. The molecule has 1 N–H and O–H groups in total. The standard InChI is InChI=1S/C28H37N5O4/c1-4-29-28(35)32(13-12-31-14-16-37-17-15-31)20-27(34)33-26(22-10-8-21(2)9-11-22)19-25(30-33)23-6-5-7-24(18-23)36-3/h5-11,18,26H,4,12-17,19-20H2,1-3H3,(H,29,35). The zero-order valence-electron chi connectivity index (χ0n) is 22.0. The number of nitrogens with zero attached hydrogens (tertiary/aromatic N) is 4. The first-order valence-corrected chi connectivity index (χ1v) is 12.9. The lowest BCUT2D eigenvalue weighted by atomic mass is 9.97. The summed E-state index contributed by atoms with van der Waals surface area (Å²) in [6.07, 6.45) is 0.580. The molecule has 3 amide bonds. The fourth-order valence-electron chi connectivity index (χ4n) is 4.60. The Morgan fingerprint density at radius 3 is 2.62 bits per heavy atom. The van der Waals surface area contributed by atoms with Crippen LogP contribution >= 0.6 is 0 Å². The smallest absolute Gasteiger partial charge is 0.317 e. The molecule has 198 valence electrons. The number of hydrogen-bond acceptors (Lipinski definition) is 6. The number of carbonyl (C=O) groups excluding carboxylic acids is 2. The minimum absolute atomic E-state index is 0.0482. The van der Waals surface area contributed by atoms with Crippen molar-refractivity contribution in [2.75, 3.05) is 59.6 Å². The van der Waals surface area contributed by atoms with Crippen molar-refractivity contribution in [2.24, 2.45) is 5.10 Å². The number of benzene rings is 2. The van der Waals surface area contributed by atoms with Crippen LogP contribution in [0.2, 0.25) is 0 Å². The third kappa shape index (κ3) is 6.87. The molecule has 2 aromatic carbocycles. The first-order chi connectivity index (χ1) is 18.0. The van der Waals surface area contributed by atoms with Crippen LogP contribution in [-0.4, -0.2) is 92.1 Å². The zero-order valence-corrected chi connectivity index (χ0v) is 22.0. The number of urea groups is 1. The molecule has 0 spiro atoms. The molecule has 1 atom stereocenters. The maximum absolute atomic E-state index is 13.7.